The van der Waals surface area contributed by atoms with Gasteiger partial charge in [0, 0.05) is 6.20 Å². The van der Waals surface area contributed by atoms with Crippen LogP contribution in [0.5, 0.6) is 0 Å². The van der Waals surface area contributed by atoms with E-state index < -0.39 is 6.43 Å². The average Bonchev–Trinajstić information content (AvgIpc) is 2.04. The maximum Gasteiger partial charge on any atom is 0.267 e. The third-order valence-electron chi connectivity index (χ3n) is 1.52. The fourth-order valence-electron chi connectivity index (χ4n) is 0.954. The highest BCUT2D eigenvalue weighted by Crippen LogP contribution is 2.28. The van der Waals surface area contributed by atoms with E-state index in [0.29, 0.717) is 0 Å². The molecule has 68 valence electrons. The van der Waals surface area contributed by atoms with Crippen molar-refractivity contribution in [2.75, 3.05) is 0 Å². The van der Waals surface area contributed by atoms with Crippen molar-refractivity contribution in [3.05, 3.63) is 28.5 Å². The number of aromatic nitrogens is 1. The molecule has 0 aliphatic rings. The molecule has 0 amide bonds. The van der Waals surface area contributed by atoms with Crippen LogP contribution in [0.25, 0.3) is 0 Å². The van der Waals surface area contributed by atoms with Gasteiger partial charge >= 0.3 is 0 Å². The fourth-order valence-corrected chi connectivity index (χ4v) is 1.21. The van der Waals surface area contributed by atoms with E-state index in [9.17, 15) is 8.78 Å². The van der Waals surface area contributed by atoms with Gasteiger partial charge in [-0.05, 0) is 11.6 Å². The summed E-state index contributed by atoms with van der Waals surface area (Å²) in [6, 6.07) is 3.16. The first-order valence-corrected chi connectivity index (χ1v) is 3.83. The predicted molar refractivity (Wildman–Crippen MR) is 43.5 cm³/mol. The van der Waals surface area contributed by atoms with Crippen molar-refractivity contribution in [2.24, 2.45) is 0 Å². The number of hydrogen-bond acceptors (Lipinski definition) is 2. The smallest absolute Gasteiger partial charge is 0.244 e. The van der Waals surface area contributed by atoms with Gasteiger partial charge in [0.25, 0.3) is 6.43 Å². The molecule has 0 aliphatic heterocycles. The molecule has 1 aromatic rings. The predicted octanol–water partition coefficient (Wildman–Crippen LogP) is 2.74. The van der Waals surface area contributed by atoms with E-state index in [4.69, 9.17) is 16.9 Å². The molecule has 1 rings (SSSR count). The van der Waals surface area contributed by atoms with Crippen LogP contribution in [-0.2, 0) is 6.42 Å². The van der Waals surface area contributed by atoms with Crippen LogP contribution >= 0.6 is 11.6 Å². The van der Waals surface area contributed by atoms with Gasteiger partial charge in [-0.1, -0.05) is 11.6 Å². The van der Waals surface area contributed by atoms with Crippen molar-refractivity contribution in [2.45, 2.75) is 12.8 Å². The van der Waals surface area contributed by atoms with Crippen LogP contribution in [0.1, 0.15) is 17.6 Å². The van der Waals surface area contributed by atoms with Crippen LogP contribution in [0.15, 0.2) is 12.3 Å². The molecule has 0 saturated carbocycles. The fraction of sp³-hybridized carbons (Fsp3) is 0.250. The summed E-state index contributed by atoms with van der Waals surface area (Å²) in [4.78, 5) is 3.52. The van der Waals surface area contributed by atoms with Gasteiger partial charge in [-0.2, -0.15) is 5.26 Å². The first-order chi connectivity index (χ1) is 6.16. The zero-order valence-electron chi connectivity index (χ0n) is 6.47. The third-order valence-corrected chi connectivity index (χ3v) is 1.82. The molecule has 13 heavy (non-hydrogen) atoms. The van der Waals surface area contributed by atoms with E-state index in [2.05, 4.69) is 4.98 Å². The Morgan fingerprint density at radius 1 is 1.62 bits per heavy atom. The van der Waals surface area contributed by atoms with E-state index in [1.165, 1.54) is 12.3 Å². The van der Waals surface area contributed by atoms with E-state index in [1.54, 1.807) is 6.07 Å². The Hall–Kier alpha value is -1.21. The Bertz CT molecular complexity index is 346. The van der Waals surface area contributed by atoms with Crippen LogP contribution in [0, 0.1) is 11.3 Å². The van der Waals surface area contributed by atoms with Gasteiger partial charge in [-0.15, -0.1) is 0 Å². The van der Waals surface area contributed by atoms with Crippen molar-refractivity contribution < 1.29 is 8.78 Å². The zero-order valence-corrected chi connectivity index (χ0v) is 7.22. The van der Waals surface area contributed by atoms with Gasteiger partial charge in [0.2, 0.25) is 0 Å². The Labute approximate surface area is 78.8 Å². The molecule has 0 saturated heterocycles. The van der Waals surface area contributed by atoms with Crippen molar-refractivity contribution in [1.82, 2.24) is 4.98 Å². The minimum absolute atomic E-state index is 0.0814. The zero-order chi connectivity index (χ0) is 9.84. The Morgan fingerprint density at radius 2 is 2.31 bits per heavy atom. The van der Waals surface area contributed by atoms with Crippen molar-refractivity contribution in [3.63, 3.8) is 0 Å². The highest BCUT2D eigenvalue weighted by Gasteiger charge is 2.17. The average molecular weight is 203 g/mol. The maximum absolute atomic E-state index is 12.4. The summed E-state index contributed by atoms with van der Waals surface area (Å²) in [6.45, 7) is 0. The number of nitriles is 1. The van der Waals surface area contributed by atoms with Gasteiger partial charge in [0.05, 0.1) is 18.1 Å². The number of rotatable bonds is 2. The quantitative estimate of drug-likeness (QED) is 0.692. The third kappa shape index (κ3) is 2.13. The molecule has 0 radical (unpaired) electrons. The van der Waals surface area contributed by atoms with Crippen molar-refractivity contribution >= 4 is 11.6 Å². The molecule has 0 N–H and O–H groups in total. The lowest BCUT2D eigenvalue weighted by molar-refractivity contribution is 0.150. The number of pyridine rings is 1. The lowest BCUT2D eigenvalue weighted by Gasteiger charge is -2.05. The molecule has 0 spiro atoms. The second-order valence-electron chi connectivity index (χ2n) is 2.31. The SMILES string of the molecule is N#CCc1ccnc(Cl)c1C(F)F. The minimum Gasteiger partial charge on any atom is -0.244 e. The van der Waals surface area contributed by atoms with E-state index >= 15 is 0 Å². The van der Waals surface area contributed by atoms with Crippen molar-refractivity contribution in [3.8, 4) is 6.07 Å². The van der Waals surface area contributed by atoms with Crippen LogP contribution in [0.3, 0.4) is 0 Å². The van der Waals surface area contributed by atoms with Crippen molar-refractivity contribution in [1.29, 1.82) is 5.26 Å². The lowest BCUT2D eigenvalue weighted by atomic mass is 10.1. The topological polar surface area (TPSA) is 36.7 Å². The normalized spacial score (nSPS) is 10.1. The highest BCUT2D eigenvalue weighted by atomic mass is 35.5. The summed E-state index contributed by atoms with van der Waals surface area (Å²) >= 11 is 5.46. The Kier molecular flexibility index (Phi) is 3.15. The van der Waals surface area contributed by atoms with Gasteiger partial charge < -0.3 is 0 Å². The van der Waals surface area contributed by atoms with Crippen LogP contribution in [0.4, 0.5) is 8.78 Å². The molecule has 0 aromatic carbocycles. The summed E-state index contributed by atoms with van der Waals surface area (Å²) in [5, 5.41) is 8.12. The van der Waals surface area contributed by atoms with Crippen LogP contribution < -0.4 is 0 Å². The molecular formula is C8H5ClF2N2. The highest BCUT2D eigenvalue weighted by molar-refractivity contribution is 6.30. The molecule has 2 nitrogen and oxygen atoms in total. The molecule has 1 aromatic heterocycles. The monoisotopic (exact) mass is 202 g/mol. The van der Waals surface area contributed by atoms with Gasteiger partial charge in [-0.25, -0.2) is 13.8 Å². The molecule has 0 bridgehead atoms. The molecule has 0 unspecified atom stereocenters. The maximum atomic E-state index is 12.4. The standard InChI is InChI=1S/C8H5ClF2N2/c9-7-6(8(10)11)5(1-3-12)2-4-13-7/h2,4,8H,1H2. The van der Waals surface area contributed by atoms with E-state index in [-0.39, 0.29) is 22.7 Å². The summed E-state index contributed by atoms with van der Waals surface area (Å²) in [5.74, 6) is 0. The van der Waals surface area contributed by atoms with Gasteiger partial charge in [0.15, 0.2) is 0 Å². The molecule has 0 aliphatic carbocycles. The summed E-state index contributed by atoms with van der Waals surface area (Å²) < 4.78 is 24.8. The first kappa shape index (κ1) is 9.87. The Balaban J connectivity index is 3.19. The largest absolute Gasteiger partial charge is 0.267 e. The summed E-state index contributed by atoms with van der Waals surface area (Å²) in [6.07, 6.45) is -1.47. The number of hydrogen-bond donors (Lipinski definition) is 0. The second-order valence-corrected chi connectivity index (χ2v) is 2.67. The minimum atomic E-state index is -2.69. The van der Waals surface area contributed by atoms with E-state index in [1.807, 2.05) is 0 Å². The van der Waals surface area contributed by atoms with E-state index in [0.717, 1.165) is 0 Å². The van der Waals surface area contributed by atoms with Crippen LogP contribution in [-0.4, -0.2) is 4.98 Å². The second kappa shape index (κ2) is 4.15. The molecular weight excluding hydrogens is 198 g/mol. The lowest BCUT2D eigenvalue weighted by Crippen LogP contribution is -1.96. The Morgan fingerprint density at radius 3 is 2.85 bits per heavy atom. The number of halogens is 3. The molecule has 0 fully saturated rings. The summed E-state index contributed by atoms with van der Waals surface area (Å²) in [5.41, 5.74) is -0.108. The molecule has 1 heterocycles. The van der Waals surface area contributed by atoms with Gasteiger partial charge in [0.1, 0.15) is 5.15 Å². The van der Waals surface area contributed by atoms with Gasteiger partial charge in [-0.3, -0.25) is 0 Å². The molecule has 5 heteroatoms. The molecule has 0 atom stereocenters. The van der Waals surface area contributed by atoms with Crippen LogP contribution in [0.2, 0.25) is 5.15 Å². The summed E-state index contributed by atoms with van der Waals surface area (Å²) in [7, 11) is 0. The number of nitrogens with zero attached hydrogens (tertiary/aromatic N) is 2. The number of alkyl halides is 2. The first-order valence-electron chi connectivity index (χ1n) is 3.45.